The summed E-state index contributed by atoms with van der Waals surface area (Å²) in [5.41, 5.74) is 8.94. The molecule has 4 rings (SSSR count). The SMILES string of the molecule is c1ccc2cc3c4c(ccc3cc2c1)NNC4. The van der Waals surface area contributed by atoms with Crippen molar-refractivity contribution in [2.24, 2.45) is 0 Å². The Bertz CT molecular complexity index is 731. The maximum atomic E-state index is 3.19. The monoisotopic (exact) mass is 220 g/mol. The average molecular weight is 220 g/mol. The first-order valence-corrected chi connectivity index (χ1v) is 5.85. The molecule has 3 aromatic rings. The van der Waals surface area contributed by atoms with E-state index in [1.807, 2.05) is 0 Å². The van der Waals surface area contributed by atoms with Crippen molar-refractivity contribution in [1.29, 1.82) is 0 Å². The molecular formula is C15H12N2. The van der Waals surface area contributed by atoms with Gasteiger partial charge in [0.15, 0.2) is 0 Å². The Morgan fingerprint density at radius 3 is 2.53 bits per heavy atom. The van der Waals surface area contributed by atoms with E-state index in [1.165, 1.54) is 32.8 Å². The highest BCUT2D eigenvalue weighted by molar-refractivity contribution is 6.01. The fourth-order valence-corrected chi connectivity index (χ4v) is 2.61. The van der Waals surface area contributed by atoms with Crippen molar-refractivity contribution in [3.8, 4) is 0 Å². The molecule has 0 bridgehead atoms. The third kappa shape index (κ3) is 1.25. The van der Waals surface area contributed by atoms with E-state index >= 15 is 0 Å². The van der Waals surface area contributed by atoms with Gasteiger partial charge in [0.1, 0.15) is 0 Å². The van der Waals surface area contributed by atoms with Gasteiger partial charge < -0.3 is 5.43 Å². The number of benzene rings is 3. The van der Waals surface area contributed by atoms with Crippen LogP contribution in [0.15, 0.2) is 48.5 Å². The normalized spacial score (nSPS) is 13.9. The Morgan fingerprint density at radius 2 is 1.65 bits per heavy atom. The summed E-state index contributed by atoms with van der Waals surface area (Å²) in [7, 11) is 0. The summed E-state index contributed by atoms with van der Waals surface area (Å²) in [6.07, 6.45) is 0. The summed E-state index contributed by atoms with van der Waals surface area (Å²) in [6, 6.07) is 17.4. The van der Waals surface area contributed by atoms with Gasteiger partial charge in [0.2, 0.25) is 0 Å². The lowest BCUT2D eigenvalue weighted by Crippen LogP contribution is -2.10. The van der Waals surface area contributed by atoms with E-state index in [0.29, 0.717) is 0 Å². The van der Waals surface area contributed by atoms with Crippen LogP contribution in [0.5, 0.6) is 0 Å². The van der Waals surface area contributed by atoms with Gasteiger partial charge in [-0.1, -0.05) is 30.3 Å². The van der Waals surface area contributed by atoms with Gasteiger partial charge in [-0.3, -0.25) is 0 Å². The van der Waals surface area contributed by atoms with Crippen LogP contribution in [-0.2, 0) is 6.54 Å². The largest absolute Gasteiger partial charge is 0.321 e. The van der Waals surface area contributed by atoms with Gasteiger partial charge in [-0.25, -0.2) is 5.43 Å². The molecule has 0 aliphatic carbocycles. The van der Waals surface area contributed by atoms with Crippen LogP contribution < -0.4 is 10.9 Å². The highest BCUT2D eigenvalue weighted by Crippen LogP contribution is 2.31. The lowest BCUT2D eigenvalue weighted by molar-refractivity contribution is 0.864. The maximum Gasteiger partial charge on any atom is 0.0539 e. The molecule has 0 amide bonds. The summed E-state index contributed by atoms with van der Waals surface area (Å²) < 4.78 is 0. The van der Waals surface area contributed by atoms with E-state index in [2.05, 4.69) is 59.4 Å². The van der Waals surface area contributed by atoms with E-state index in [9.17, 15) is 0 Å². The number of anilines is 1. The lowest BCUT2D eigenvalue weighted by Gasteiger charge is -2.06. The van der Waals surface area contributed by atoms with E-state index < -0.39 is 0 Å². The summed E-state index contributed by atoms with van der Waals surface area (Å²) in [5.74, 6) is 0. The minimum atomic E-state index is 0.894. The smallest absolute Gasteiger partial charge is 0.0539 e. The maximum absolute atomic E-state index is 3.19. The number of hydrogen-bond acceptors (Lipinski definition) is 2. The molecule has 2 N–H and O–H groups in total. The predicted octanol–water partition coefficient (Wildman–Crippen LogP) is 3.42. The molecule has 0 atom stereocenters. The number of hydrogen-bond donors (Lipinski definition) is 2. The molecule has 1 aliphatic rings. The molecule has 0 aromatic heterocycles. The van der Waals surface area contributed by atoms with Gasteiger partial charge in [0.25, 0.3) is 0 Å². The van der Waals surface area contributed by atoms with E-state index in [-0.39, 0.29) is 0 Å². The van der Waals surface area contributed by atoms with Crippen LogP contribution >= 0.6 is 0 Å². The number of rotatable bonds is 0. The quantitative estimate of drug-likeness (QED) is 0.567. The number of fused-ring (bicyclic) bond motifs is 4. The third-order valence-corrected chi connectivity index (χ3v) is 3.49. The van der Waals surface area contributed by atoms with Crippen molar-refractivity contribution in [2.75, 3.05) is 5.43 Å². The molecule has 2 heteroatoms. The highest BCUT2D eigenvalue weighted by Gasteiger charge is 2.12. The first-order chi connectivity index (χ1) is 8.42. The summed E-state index contributed by atoms with van der Waals surface area (Å²) in [6.45, 7) is 0.894. The molecule has 0 radical (unpaired) electrons. The van der Waals surface area contributed by atoms with E-state index in [1.54, 1.807) is 0 Å². The molecule has 82 valence electrons. The van der Waals surface area contributed by atoms with Gasteiger partial charge in [0.05, 0.1) is 5.69 Å². The Balaban J connectivity index is 2.17. The molecule has 0 saturated heterocycles. The van der Waals surface area contributed by atoms with E-state index in [0.717, 1.165) is 6.54 Å². The van der Waals surface area contributed by atoms with Crippen molar-refractivity contribution in [3.05, 3.63) is 54.1 Å². The van der Waals surface area contributed by atoms with Crippen molar-refractivity contribution < 1.29 is 0 Å². The fourth-order valence-electron chi connectivity index (χ4n) is 2.61. The second-order valence-electron chi connectivity index (χ2n) is 4.49. The highest BCUT2D eigenvalue weighted by atomic mass is 15.4. The number of nitrogens with one attached hydrogen (secondary N) is 2. The van der Waals surface area contributed by atoms with Crippen molar-refractivity contribution in [2.45, 2.75) is 6.54 Å². The zero-order valence-corrected chi connectivity index (χ0v) is 9.33. The first kappa shape index (κ1) is 9.02. The van der Waals surface area contributed by atoms with Crippen LogP contribution in [0.3, 0.4) is 0 Å². The Hall–Kier alpha value is -2.06. The van der Waals surface area contributed by atoms with Crippen LogP contribution in [0.25, 0.3) is 21.5 Å². The van der Waals surface area contributed by atoms with E-state index in [4.69, 9.17) is 0 Å². The predicted molar refractivity (Wildman–Crippen MR) is 71.9 cm³/mol. The second-order valence-corrected chi connectivity index (χ2v) is 4.49. The van der Waals surface area contributed by atoms with Crippen LogP contribution in [0.2, 0.25) is 0 Å². The zero-order chi connectivity index (χ0) is 11.2. The van der Waals surface area contributed by atoms with Crippen molar-refractivity contribution in [3.63, 3.8) is 0 Å². The van der Waals surface area contributed by atoms with Gasteiger partial charge in [-0.05, 0) is 39.7 Å². The van der Waals surface area contributed by atoms with Gasteiger partial charge in [-0.2, -0.15) is 0 Å². The molecule has 1 aliphatic heterocycles. The number of hydrazine groups is 1. The topological polar surface area (TPSA) is 24.1 Å². The zero-order valence-electron chi connectivity index (χ0n) is 9.33. The molecule has 0 spiro atoms. The Morgan fingerprint density at radius 1 is 0.824 bits per heavy atom. The molecule has 0 unspecified atom stereocenters. The molecular weight excluding hydrogens is 208 g/mol. The second kappa shape index (κ2) is 3.22. The lowest BCUT2D eigenvalue weighted by atomic mass is 9.99. The molecule has 17 heavy (non-hydrogen) atoms. The summed E-state index contributed by atoms with van der Waals surface area (Å²) in [4.78, 5) is 0. The fraction of sp³-hybridized carbons (Fsp3) is 0.0667. The summed E-state index contributed by atoms with van der Waals surface area (Å²) >= 11 is 0. The molecule has 0 saturated carbocycles. The van der Waals surface area contributed by atoms with Crippen LogP contribution in [-0.4, -0.2) is 0 Å². The van der Waals surface area contributed by atoms with Crippen molar-refractivity contribution in [1.82, 2.24) is 5.43 Å². The molecule has 0 fully saturated rings. The minimum Gasteiger partial charge on any atom is -0.321 e. The van der Waals surface area contributed by atoms with Crippen LogP contribution in [0.4, 0.5) is 5.69 Å². The first-order valence-electron chi connectivity index (χ1n) is 5.85. The van der Waals surface area contributed by atoms with Crippen molar-refractivity contribution >= 4 is 27.2 Å². The molecule has 1 heterocycles. The standard InChI is InChI=1S/C15H12N2/c1-2-4-11-8-13-12(7-10(11)3-1)5-6-15-14(13)9-16-17-15/h1-8,16-17H,9H2. The average Bonchev–Trinajstić information content (AvgIpc) is 2.85. The Kier molecular flexibility index (Phi) is 1.71. The summed E-state index contributed by atoms with van der Waals surface area (Å²) in [5, 5.41) is 5.27. The molecule has 3 aromatic carbocycles. The minimum absolute atomic E-state index is 0.894. The van der Waals surface area contributed by atoms with Gasteiger partial charge in [0, 0.05) is 12.1 Å². The van der Waals surface area contributed by atoms with Gasteiger partial charge >= 0.3 is 0 Å². The van der Waals surface area contributed by atoms with Crippen LogP contribution in [0, 0.1) is 0 Å². The Labute approximate surface area is 99.2 Å². The molecule has 2 nitrogen and oxygen atoms in total. The van der Waals surface area contributed by atoms with Gasteiger partial charge in [-0.15, -0.1) is 0 Å². The third-order valence-electron chi connectivity index (χ3n) is 3.49. The van der Waals surface area contributed by atoms with Crippen LogP contribution in [0.1, 0.15) is 5.56 Å².